The number of allylic oxidation sites excluding steroid dienone is 23. The summed E-state index contributed by atoms with van der Waals surface area (Å²) in [5.74, 6) is -0.170. The third-order valence-electron chi connectivity index (χ3n) is 6.44. The fourth-order valence-electron chi connectivity index (χ4n) is 4.08. The van der Waals surface area contributed by atoms with Crippen molar-refractivity contribution >= 4 is 12.1 Å². The van der Waals surface area contributed by atoms with Crippen LogP contribution < -0.4 is 0 Å². The highest BCUT2D eigenvalue weighted by molar-refractivity contribution is 6.00. The number of carbonyl (C=O) groups excluding carboxylic acids is 2. The zero-order valence-corrected chi connectivity index (χ0v) is 25.4. The minimum atomic E-state index is -0.900. The molecule has 212 valence electrons. The van der Waals surface area contributed by atoms with E-state index < -0.39 is 6.10 Å². The number of aliphatic hydroxyl groups excluding tert-OH is 1. The van der Waals surface area contributed by atoms with Crippen LogP contribution in [0.1, 0.15) is 61.8 Å². The van der Waals surface area contributed by atoms with Gasteiger partial charge in [-0.3, -0.25) is 9.59 Å². The number of aldehydes is 1. The maximum Gasteiger partial charge on any atom is 0.187 e. The summed E-state index contributed by atoms with van der Waals surface area (Å²) >= 11 is 0. The first-order valence-corrected chi connectivity index (χ1v) is 13.7. The summed E-state index contributed by atoms with van der Waals surface area (Å²) in [5, 5.41) is 10.0. The maximum absolute atomic E-state index is 12.2. The molecule has 0 aromatic rings. The fourth-order valence-corrected chi connectivity index (χ4v) is 4.08. The van der Waals surface area contributed by atoms with Gasteiger partial charge in [0.2, 0.25) is 0 Å². The molecule has 0 heterocycles. The second kappa shape index (κ2) is 17.7. The van der Waals surface area contributed by atoms with Gasteiger partial charge in [-0.2, -0.15) is 0 Å². The van der Waals surface area contributed by atoms with Crippen molar-refractivity contribution < 1.29 is 14.7 Å². The van der Waals surface area contributed by atoms with E-state index in [1.165, 1.54) is 6.08 Å². The minimum absolute atomic E-state index is 0.170. The number of aliphatic hydroxyl groups is 1. The lowest BCUT2D eigenvalue weighted by Crippen LogP contribution is -2.35. The van der Waals surface area contributed by atoms with Crippen molar-refractivity contribution in [2.24, 2.45) is 5.41 Å². The van der Waals surface area contributed by atoms with Crippen LogP contribution in [-0.2, 0) is 9.59 Å². The Morgan fingerprint density at radius 2 is 1.05 bits per heavy atom. The molecule has 0 aromatic heterocycles. The average Bonchev–Trinajstić information content (AvgIpc) is 2.88. The van der Waals surface area contributed by atoms with Crippen LogP contribution in [0, 0.1) is 5.41 Å². The maximum atomic E-state index is 12.2. The molecule has 1 rings (SSSR count). The van der Waals surface area contributed by atoms with Crippen molar-refractivity contribution in [2.75, 3.05) is 0 Å². The van der Waals surface area contributed by atoms with Crippen molar-refractivity contribution in [3.63, 3.8) is 0 Å². The molecule has 0 saturated carbocycles. The topological polar surface area (TPSA) is 54.4 Å². The Morgan fingerprint density at radius 1 is 0.675 bits per heavy atom. The van der Waals surface area contributed by atoms with Gasteiger partial charge in [0.05, 0.1) is 0 Å². The zero-order valence-electron chi connectivity index (χ0n) is 25.4. The van der Waals surface area contributed by atoms with Crippen LogP contribution in [0.2, 0.25) is 0 Å². The predicted octanol–water partition coefficient (Wildman–Crippen LogP) is 8.93. The van der Waals surface area contributed by atoms with Crippen LogP contribution in [0.25, 0.3) is 0 Å². The smallest absolute Gasteiger partial charge is 0.187 e. The van der Waals surface area contributed by atoms with Gasteiger partial charge in [-0.15, -0.1) is 0 Å². The molecule has 1 N–H and O–H groups in total. The van der Waals surface area contributed by atoms with E-state index in [0.717, 1.165) is 39.7 Å². The van der Waals surface area contributed by atoms with E-state index >= 15 is 0 Å². The second-order valence-electron chi connectivity index (χ2n) is 10.9. The lowest BCUT2D eigenvalue weighted by molar-refractivity contribution is -0.125. The van der Waals surface area contributed by atoms with Crippen molar-refractivity contribution in [1.82, 2.24) is 0 Å². The van der Waals surface area contributed by atoms with Crippen LogP contribution in [0.4, 0.5) is 0 Å². The Bertz CT molecular complexity index is 1270. The Labute approximate surface area is 242 Å². The Kier molecular flexibility index (Phi) is 15.1. The molecule has 0 spiro atoms. The number of rotatable bonds is 12. The van der Waals surface area contributed by atoms with Crippen molar-refractivity contribution in [3.8, 4) is 0 Å². The van der Waals surface area contributed by atoms with Gasteiger partial charge in [0.25, 0.3) is 0 Å². The van der Waals surface area contributed by atoms with Crippen molar-refractivity contribution in [1.29, 1.82) is 0 Å². The first kappa shape index (κ1) is 34.2. The number of ketones is 1. The highest BCUT2D eigenvalue weighted by Gasteiger charge is 2.36. The van der Waals surface area contributed by atoms with E-state index in [1.807, 2.05) is 81.5 Å². The zero-order chi connectivity index (χ0) is 30.1. The van der Waals surface area contributed by atoms with Crippen LogP contribution in [0.5, 0.6) is 0 Å². The molecule has 1 aliphatic carbocycles. The van der Waals surface area contributed by atoms with E-state index in [0.29, 0.717) is 12.0 Å². The number of Topliss-reactive ketones (excluding diaryl/α,β-unsaturated/α-hetero) is 1. The molecule has 40 heavy (non-hydrogen) atoms. The van der Waals surface area contributed by atoms with E-state index in [9.17, 15) is 14.7 Å². The molecule has 0 unspecified atom stereocenters. The number of carbonyl (C=O) groups is 2. The van der Waals surface area contributed by atoms with E-state index in [2.05, 4.69) is 58.1 Å². The largest absolute Gasteiger partial charge is 0.385 e. The Morgan fingerprint density at radius 3 is 1.48 bits per heavy atom. The van der Waals surface area contributed by atoms with Crippen LogP contribution in [-0.4, -0.2) is 23.3 Å². The first-order valence-electron chi connectivity index (χ1n) is 13.7. The molecular formula is C37H46O3. The third-order valence-corrected chi connectivity index (χ3v) is 6.44. The molecule has 0 fully saturated rings. The summed E-state index contributed by atoms with van der Waals surface area (Å²) < 4.78 is 0. The molecule has 0 radical (unpaired) electrons. The molecule has 0 aromatic carbocycles. The van der Waals surface area contributed by atoms with E-state index in [4.69, 9.17) is 0 Å². The van der Waals surface area contributed by atoms with Crippen LogP contribution in [0.15, 0.2) is 142 Å². The van der Waals surface area contributed by atoms with E-state index in [1.54, 1.807) is 13.0 Å². The molecule has 0 bridgehead atoms. The van der Waals surface area contributed by atoms with Gasteiger partial charge in [-0.1, -0.05) is 139 Å². The SMILES string of the molecule is CC1=C(\C=C/C(C)=C/C=C/C(C)=C/C=C/C=C(C)/C=C/C=C(C)/C=C/C=C(C)/C=C/C=O)C(C)(C)C[C@@H](O)C1=O. The van der Waals surface area contributed by atoms with Crippen molar-refractivity contribution in [2.45, 2.75) is 67.9 Å². The molecule has 1 atom stereocenters. The van der Waals surface area contributed by atoms with Gasteiger partial charge in [0.1, 0.15) is 12.4 Å². The summed E-state index contributed by atoms with van der Waals surface area (Å²) in [6.45, 7) is 16.1. The van der Waals surface area contributed by atoms with Gasteiger partial charge in [-0.25, -0.2) is 0 Å². The Balaban J connectivity index is 2.68. The highest BCUT2D eigenvalue weighted by atomic mass is 16.3. The fraction of sp³-hybridized carbons (Fsp3) is 0.297. The molecule has 3 nitrogen and oxygen atoms in total. The molecule has 0 amide bonds. The van der Waals surface area contributed by atoms with Crippen molar-refractivity contribution in [3.05, 3.63) is 142 Å². The number of hydrogen-bond acceptors (Lipinski definition) is 3. The van der Waals surface area contributed by atoms with Gasteiger partial charge >= 0.3 is 0 Å². The van der Waals surface area contributed by atoms with Gasteiger partial charge < -0.3 is 5.11 Å². The molecule has 0 saturated heterocycles. The van der Waals surface area contributed by atoms with E-state index in [-0.39, 0.29) is 11.2 Å². The summed E-state index contributed by atoms with van der Waals surface area (Å²) in [6, 6.07) is 0. The monoisotopic (exact) mass is 538 g/mol. The summed E-state index contributed by atoms with van der Waals surface area (Å²) in [5.41, 5.74) is 6.92. The number of hydrogen-bond donors (Lipinski definition) is 1. The summed E-state index contributed by atoms with van der Waals surface area (Å²) in [6.07, 6.45) is 34.0. The van der Waals surface area contributed by atoms with Gasteiger partial charge in [-0.05, 0) is 70.6 Å². The summed E-state index contributed by atoms with van der Waals surface area (Å²) in [7, 11) is 0. The predicted molar refractivity (Wildman–Crippen MR) is 172 cm³/mol. The lowest BCUT2D eigenvalue weighted by atomic mass is 9.71. The highest BCUT2D eigenvalue weighted by Crippen LogP contribution is 2.39. The van der Waals surface area contributed by atoms with Crippen LogP contribution in [0.3, 0.4) is 0 Å². The quantitative estimate of drug-likeness (QED) is 0.153. The molecule has 3 heteroatoms. The first-order chi connectivity index (χ1) is 18.9. The average molecular weight is 539 g/mol. The normalized spacial score (nSPS) is 20.7. The molecular weight excluding hydrogens is 492 g/mol. The standard InChI is InChI=1S/C37H46O3/c1-28(17-11-19-30(3)20-12-21-31(4)23-14-26-38)15-9-10-16-29(2)18-13-22-32(5)24-25-34-33(6)36(40)35(39)27-37(34,7)8/h9-26,35,39H,27H2,1-8H3/b10-9+,17-11+,18-13+,20-12+,23-14+,25-24-,28-15+,29-16+,30-19+,31-21+,32-22+/t35-/m1/s1. The molecule has 0 aliphatic heterocycles. The minimum Gasteiger partial charge on any atom is -0.385 e. The van der Waals surface area contributed by atoms with Crippen LogP contribution >= 0.6 is 0 Å². The third kappa shape index (κ3) is 13.3. The Hall–Kier alpha value is -3.82. The summed E-state index contributed by atoms with van der Waals surface area (Å²) in [4.78, 5) is 22.6. The molecule has 1 aliphatic rings. The van der Waals surface area contributed by atoms with Gasteiger partial charge in [0, 0.05) is 0 Å². The second-order valence-corrected chi connectivity index (χ2v) is 10.9. The van der Waals surface area contributed by atoms with Gasteiger partial charge in [0.15, 0.2) is 5.78 Å². The lowest BCUT2D eigenvalue weighted by Gasteiger charge is -2.34.